The fourth-order valence-corrected chi connectivity index (χ4v) is 11.2. The van der Waals surface area contributed by atoms with Crippen molar-refractivity contribution in [3.05, 3.63) is 177 Å². The number of nitrogens with one attached hydrogen (secondary N) is 2. The lowest BCUT2D eigenvalue weighted by molar-refractivity contribution is -0.133. The summed E-state index contributed by atoms with van der Waals surface area (Å²) in [6.45, 7) is 8.30. The van der Waals surface area contributed by atoms with E-state index in [-0.39, 0.29) is 30.5 Å². The van der Waals surface area contributed by atoms with E-state index in [0.29, 0.717) is 121 Å². The van der Waals surface area contributed by atoms with E-state index in [1.165, 1.54) is 21.9 Å². The van der Waals surface area contributed by atoms with Crippen LogP contribution in [-0.4, -0.2) is 150 Å². The summed E-state index contributed by atoms with van der Waals surface area (Å²) >= 11 is 13.0. The number of amides is 2. The Hall–Kier alpha value is -7.37. The molecule has 4 heterocycles. The zero-order valence-corrected chi connectivity index (χ0v) is 50.0. The van der Waals surface area contributed by atoms with Crippen LogP contribution in [0.3, 0.4) is 0 Å². The van der Waals surface area contributed by atoms with Gasteiger partial charge in [0.2, 0.25) is 11.8 Å². The van der Waals surface area contributed by atoms with Crippen LogP contribution in [0.4, 0.5) is 5.82 Å². The molecule has 0 spiro atoms. The highest BCUT2D eigenvalue weighted by molar-refractivity contribution is 6.35. The molecule has 2 amide bonds. The predicted molar refractivity (Wildman–Crippen MR) is 335 cm³/mol. The van der Waals surface area contributed by atoms with Crippen molar-refractivity contribution in [2.75, 3.05) is 97.4 Å². The molecular formula is C67H74Cl2N10O7. The Morgan fingerprint density at radius 3 is 2.35 bits per heavy atom. The van der Waals surface area contributed by atoms with E-state index in [1.54, 1.807) is 29.3 Å². The fourth-order valence-electron chi connectivity index (χ4n) is 10.7. The van der Waals surface area contributed by atoms with Crippen LogP contribution in [0.25, 0.3) is 33.1 Å². The number of unbranched alkanes of at least 4 members (excludes halogenated alkanes) is 2. The van der Waals surface area contributed by atoms with Crippen LogP contribution in [0.2, 0.25) is 10.0 Å². The minimum atomic E-state index is -0.280. The van der Waals surface area contributed by atoms with E-state index in [2.05, 4.69) is 97.3 Å². The first-order valence-corrected chi connectivity index (χ1v) is 30.6. The molecule has 86 heavy (non-hydrogen) atoms. The van der Waals surface area contributed by atoms with Crippen molar-refractivity contribution in [3.63, 3.8) is 0 Å². The first kappa shape index (κ1) is 61.7. The number of nitrogens with zero attached hydrogens (tertiary/aromatic N) is 8. The minimum Gasteiger partial charge on any atom is -0.379 e. The highest BCUT2D eigenvalue weighted by Gasteiger charge is 2.27. The van der Waals surface area contributed by atoms with Gasteiger partial charge in [-0.25, -0.2) is 14.6 Å². The van der Waals surface area contributed by atoms with Gasteiger partial charge in [0.1, 0.15) is 19.0 Å². The summed E-state index contributed by atoms with van der Waals surface area (Å²) < 4.78 is 30.8. The Kier molecular flexibility index (Phi) is 23.2. The van der Waals surface area contributed by atoms with Gasteiger partial charge < -0.3 is 39.2 Å². The molecule has 448 valence electrons. The van der Waals surface area contributed by atoms with Crippen molar-refractivity contribution in [2.24, 2.45) is 0 Å². The number of carbonyl (C=O) groups is 2. The number of carbonyl (C=O) groups excluding carboxylic acids is 2. The lowest BCUT2D eigenvalue weighted by atomic mass is 10.1. The Morgan fingerprint density at radius 1 is 0.733 bits per heavy atom. The molecule has 1 fully saturated rings. The van der Waals surface area contributed by atoms with Crippen molar-refractivity contribution in [1.82, 2.24) is 45.1 Å². The van der Waals surface area contributed by atoms with E-state index in [1.807, 2.05) is 59.5 Å². The SMILES string of the molecule is O=C(Cn1cc(CCCC(=O)N2CCN(CC(OCc3ccc4ccccc4c3)c3ccc(Cl)cc3Cl)CC2)nn1)NCCCCCOCCOCCOCCOCC#Cc1ccc2c(c1)CC(Nc1nc(-c3cccnc3)nc3ccccc13)C2. The van der Waals surface area contributed by atoms with E-state index >= 15 is 0 Å². The molecule has 2 aliphatic rings. The summed E-state index contributed by atoms with van der Waals surface area (Å²) in [4.78, 5) is 44.1. The lowest BCUT2D eigenvalue weighted by Gasteiger charge is -2.36. The number of para-hydroxylation sites is 1. The Labute approximate surface area is 513 Å². The van der Waals surface area contributed by atoms with Gasteiger partial charge in [-0.05, 0) is 127 Å². The molecule has 1 aliphatic heterocycles. The van der Waals surface area contributed by atoms with Gasteiger partial charge in [-0.15, -0.1) is 5.10 Å². The smallest absolute Gasteiger partial charge is 0.241 e. The standard InChI is InChI=1S/C67H74Cl2N10O7/c68-56-23-24-59(61(69)43-56)63(86-48-50-20-21-51-12-2-3-13-52(51)40-50)46-77-27-29-78(30-28-77)65(81)18-8-15-57-45-79(76-75-57)47-64(80)71-26-6-1-7-31-82-33-35-84-37-38-85-36-34-83-32-10-11-49-19-22-53-41-58(42-55(53)39-49)72-67-60-16-4-5-17-62(60)73-66(74-67)54-14-9-25-70-44-54/h2-5,9,12-14,16-17,19-25,39-40,43-45,58,63H,1,6-8,15,18,26-38,41-42,46-48H2,(H,71,80)(H,72,73,74). The van der Waals surface area contributed by atoms with Crippen molar-refractivity contribution in [1.29, 1.82) is 0 Å². The molecule has 5 aromatic carbocycles. The molecule has 19 heteroatoms. The van der Waals surface area contributed by atoms with Gasteiger partial charge in [-0.3, -0.25) is 19.5 Å². The number of rotatable bonds is 31. The average molecular weight is 1200 g/mol. The quantitative estimate of drug-likeness (QED) is 0.0310. The number of aromatic nitrogens is 6. The number of anilines is 1. The number of piperazine rings is 1. The number of pyridine rings is 1. The van der Waals surface area contributed by atoms with E-state index in [4.69, 9.17) is 56.9 Å². The summed E-state index contributed by atoms with van der Waals surface area (Å²) in [6, 6.07) is 38.8. The predicted octanol–water partition coefficient (Wildman–Crippen LogP) is 10.2. The highest BCUT2D eigenvalue weighted by atomic mass is 35.5. The number of ether oxygens (including phenoxy) is 5. The second kappa shape index (κ2) is 32.4. The number of aryl methyl sites for hydroxylation is 1. The zero-order valence-electron chi connectivity index (χ0n) is 48.5. The number of hydrogen-bond donors (Lipinski definition) is 2. The molecule has 2 N–H and O–H groups in total. The van der Waals surface area contributed by atoms with Crippen molar-refractivity contribution >= 4 is 62.5 Å². The summed E-state index contributed by atoms with van der Waals surface area (Å²) in [5.74, 6) is 7.88. The number of halogens is 2. The summed E-state index contributed by atoms with van der Waals surface area (Å²) in [5, 5.41) is 19.6. The van der Waals surface area contributed by atoms with Crippen LogP contribution in [0.1, 0.15) is 71.7 Å². The van der Waals surface area contributed by atoms with Gasteiger partial charge in [0.05, 0.1) is 63.6 Å². The molecule has 0 saturated carbocycles. The molecule has 2 atom stereocenters. The van der Waals surface area contributed by atoms with Crippen molar-refractivity contribution in [3.8, 4) is 23.2 Å². The lowest BCUT2D eigenvalue weighted by Crippen LogP contribution is -2.49. The molecule has 10 rings (SSSR count). The molecule has 17 nitrogen and oxygen atoms in total. The fraction of sp³-hybridized carbons (Fsp3) is 0.388. The molecule has 3 aromatic heterocycles. The highest BCUT2D eigenvalue weighted by Crippen LogP contribution is 2.32. The van der Waals surface area contributed by atoms with Crippen LogP contribution < -0.4 is 10.6 Å². The van der Waals surface area contributed by atoms with Gasteiger partial charge in [0.15, 0.2) is 5.82 Å². The van der Waals surface area contributed by atoms with E-state index < -0.39 is 0 Å². The summed E-state index contributed by atoms with van der Waals surface area (Å²) in [5.41, 5.74) is 8.10. The molecule has 1 saturated heterocycles. The van der Waals surface area contributed by atoms with Crippen LogP contribution in [0.5, 0.6) is 0 Å². The first-order valence-electron chi connectivity index (χ1n) is 29.8. The Bertz CT molecular complexity index is 3550. The second-order valence-corrected chi connectivity index (χ2v) is 22.4. The number of fused-ring (bicyclic) bond motifs is 3. The first-order chi connectivity index (χ1) is 42.3. The third-order valence-corrected chi connectivity index (χ3v) is 15.8. The van der Waals surface area contributed by atoms with E-state index in [0.717, 1.165) is 89.9 Å². The zero-order chi connectivity index (χ0) is 59.1. The van der Waals surface area contributed by atoms with Crippen molar-refractivity contribution < 1.29 is 33.3 Å². The largest absolute Gasteiger partial charge is 0.379 e. The van der Waals surface area contributed by atoms with Gasteiger partial charge in [0.25, 0.3) is 0 Å². The van der Waals surface area contributed by atoms with Gasteiger partial charge in [-0.2, -0.15) is 0 Å². The number of benzene rings is 5. The molecular weight excluding hydrogens is 1130 g/mol. The van der Waals surface area contributed by atoms with Gasteiger partial charge in [0, 0.05) is 109 Å². The third-order valence-electron chi connectivity index (χ3n) is 15.3. The monoisotopic (exact) mass is 1200 g/mol. The molecule has 1 aliphatic carbocycles. The topological polar surface area (TPSA) is 180 Å². The maximum atomic E-state index is 13.3. The van der Waals surface area contributed by atoms with Gasteiger partial charge >= 0.3 is 0 Å². The number of hydrogen-bond acceptors (Lipinski definition) is 14. The molecule has 8 aromatic rings. The third kappa shape index (κ3) is 18.6. The van der Waals surface area contributed by atoms with E-state index in [9.17, 15) is 9.59 Å². The molecule has 0 radical (unpaired) electrons. The van der Waals surface area contributed by atoms with Crippen LogP contribution in [-0.2, 0) is 65.7 Å². The summed E-state index contributed by atoms with van der Waals surface area (Å²) in [7, 11) is 0. The minimum absolute atomic E-state index is 0.0896. The molecule has 0 bridgehead atoms. The normalized spacial score (nSPS) is 14.5. The maximum absolute atomic E-state index is 13.3. The Morgan fingerprint density at radius 2 is 1.52 bits per heavy atom. The van der Waals surface area contributed by atoms with Crippen LogP contribution in [0.15, 0.2) is 134 Å². The Balaban J connectivity index is 0.507. The second-order valence-electron chi connectivity index (χ2n) is 21.6. The van der Waals surface area contributed by atoms with Crippen molar-refractivity contribution in [2.45, 2.75) is 76.7 Å². The summed E-state index contributed by atoms with van der Waals surface area (Å²) in [6.07, 6.45) is 11.2. The van der Waals surface area contributed by atoms with Gasteiger partial charge in [-0.1, -0.05) is 101 Å². The maximum Gasteiger partial charge on any atom is 0.241 e. The van der Waals surface area contributed by atoms with Crippen LogP contribution >= 0.6 is 23.2 Å². The average Bonchev–Trinajstić information content (AvgIpc) is 3.72. The molecule has 2 unspecified atom stereocenters. The van der Waals surface area contributed by atoms with Crippen LogP contribution in [0, 0.1) is 11.8 Å².